The SMILES string of the molecule is CC(C)C(=O)[C@H](CCN)NC(=O)[C@@H](NC(=O)C(CN)Cc1ccccc1)[C@H](C)O. The van der Waals surface area contributed by atoms with Crippen LogP contribution >= 0.6 is 0 Å². The Morgan fingerprint density at radius 3 is 2.10 bits per heavy atom. The van der Waals surface area contributed by atoms with E-state index in [1.165, 1.54) is 6.92 Å². The molecule has 1 rings (SSSR count). The Morgan fingerprint density at radius 2 is 1.62 bits per heavy atom. The fourth-order valence-corrected chi connectivity index (χ4v) is 2.97. The van der Waals surface area contributed by atoms with Crippen LogP contribution in [0.25, 0.3) is 0 Å². The van der Waals surface area contributed by atoms with Gasteiger partial charge in [-0.2, -0.15) is 0 Å². The maximum atomic E-state index is 12.7. The fourth-order valence-electron chi connectivity index (χ4n) is 2.97. The number of aliphatic hydroxyl groups excluding tert-OH is 1. The van der Waals surface area contributed by atoms with Gasteiger partial charge in [0.15, 0.2) is 5.78 Å². The predicted molar refractivity (Wildman–Crippen MR) is 112 cm³/mol. The van der Waals surface area contributed by atoms with Crippen molar-refractivity contribution in [2.45, 2.75) is 51.8 Å². The first-order valence-electron chi connectivity index (χ1n) is 9.97. The lowest BCUT2D eigenvalue weighted by Gasteiger charge is -2.26. The second-order valence-electron chi connectivity index (χ2n) is 7.54. The van der Waals surface area contributed by atoms with Gasteiger partial charge in [0.2, 0.25) is 11.8 Å². The maximum absolute atomic E-state index is 12.7. The van der Waals surface area contributed by atoms with Crippen molar-refractivity contribution >= 4 is 17.6 Å². The van der Waals surface area contributed by atoms with Crippen LogP contribution in [-0.4, -0.2) is 54.0 Å². The number of benzene rings is 1. The second kappa shape index (κ2) is 12.3. The van der Waals surface area contributed by atoms with Crippen LogP contribution in [0.5, 0.6) is 0 Å². The summed E-state index contributed by atoms with van der Waals surface area (Å²) >= 11 is 0. The minimum Gasteiger partial charge on any atom is -0.391 e. The van der Waals surface area contributed by atoms with Gasteiger partial charge in [-0.05, 0) is 31.9 Å². The summed E-state index contributed by atoms with van der Waals surface area (Å²) in [5, 5.41) is 15.2. The first-order chi connectivity index (χ1) is 13.7. The van der Waals surface area contributed by atoms with Crippen LogP contribution in [0.3, 0.4) is 0 Å². The molecule has 0 heterocycles. The number of hydrogen-bond donors (Lipinski definition) is 5. The zero-order chi connectivity index (χ0) is 22.0. The van der Waals surface area contributed by atoms with Crippen molar-refractivity contribution in [1.29, 1.82) is 0 Å². The Bertz CT molecular complexity index is 664. The molecule has 0 aliphatic rings. The largest absolute Gasteiger partial charge is 0.391 e. The molecule has 162 valence electrons. The van der Waals surface area contributed by atoms with Crippen LogP contribution in [0.2, 0.25) is 0 Å². The van der Waals surface area contributed by atoms with E-state index in [9.17, 15) is 19.5 Å². The van der Waals surface area contributed by atoms with Gasteiger partial charge in [0.05, 0.1) is 18.1 Å². The van der Waals surface area contributed by atoms with E-state index < -0.39 is 35.9 Å². The fraction of sp³-hybridized carbons (Fsp3) is 0.571. The summed E-state index contributed by atoms with van der Waals surface area (Å²) in [5.41, 5.74) is 12.3. The first kappa shape index (κ1) is 24.7. The molecule has 0 saturated heterocycles. The number of nitrogens with two attached hydrogens (primary N) is 2. The van der Waals surface area contributed by atoms with Crippen molar-refractivity contribution in [3.8, 4) is 0 Å². The molecule has 29 heavy (non-hydrogen) atoms. The smallest absolute Gasteiger partial charge is 0.245 e. The normalized spacial score (nSPS) is 15.3. The number of Topliss-reactive ketones (excluding diaryl/α,β-unsaturated/α-hetero) is 1. The molecule has 1 aromatic carbocycles. The third kappa shape index (κ3) is 7.92. The van der Waals surface area contributed by atoms with Crippen molar-refractivity contribution in [3.05, 3.63) is 35.9 Å². The highest BCUT2D eigenvalue weighted by atomic mass is 16.3. The van der Waals surface area contributed by atoms with Gasteiger partial charge in [-0.25, -0.2) is 0 Å². The Balaban J connectivity index is 2.85. The van der Waals surface area contributed by atoms with Crippen LogP contribution in [-0.2, 0) is 20.8 Å². The monoisotopic (exact) mass is 406 g/mol. The van der Waals surface area contributed by atoms with Gasteiger partial charge in [-0.3, -0.25) is 14.4 Å². The number of nitrogens with one attached hydrogen (secondary N) is 2. The van der Waals surface area contributed by atoms with Crippen LogP contribution in [0.1, 0.15) is 32.8 Å². The van der Waals surface area contributed by atoms with E-state index in [2.05, 4.69) is 10.6 Å². The third-order valence-corrected chi connectivity index (χ3v) is 4.73. The Labute approximate surface area is 172 Å². The summed E-state index contributed by atoms with van der Waals surface area (Å²) in [6.45, 7) is 5.20. The predicted octanol–water partition coefficient (Wildman–Crippen LogP) is -0.272. The quantitative estimate of drug-likeness (QED) is 0.323. The van der Waals surface area contributed by atoms with Crippen LogP contribution < -0.4 is 22.1 Å². The molecule has 0 spiro atoms. The van der Waals surface area contributed by atoms with Crippen molar-refractivity contribution in [2.75, 3.05) is 13.1 Å². The second-order valence-corrected chi connectivity index (χ2v) is 7.54. The molecule has 0 fully saturated rings. The molecule has 8 heteroatoms. The van der Waals surface area contributed by atoms with Crippen LogP contribution in [0.4, 0.5) is 0 Å². The van der Waals surface area contributed by atoms with E-state index in [0.717, 1.165) is 5.56 Å². The number of carbonyl (C=O) groups excluding carboxylic acids is 3. The summed E-state index contributed by atoms with van der Waals surface area (Å²) in [4.78, 5) is 37.7. The number of aliphatic hydroxyl groups is 1. The lowest BCUT2D eigenvalue weighted by Crippen LogP contribution is -2.57. The number of hydrogen-bond acceptors (Lipinski definition) is 6. The molecule has 0 aromatic heterocycles. The molecule has 0 bridgehead atoms. The van der Waals surface area contributed by atoms with E-state index >= 15 is 0 Å². The number of carbonyl (C=O) groups is 3. The Hall–Kier alpha value is -2.29. The average molecular weight is 407 g/mol. The highest BCUT2D eigenvalue weighted by molar-refractivity contribution is 5.94. The van der Waals surface area contributed by atoms with Crippen molar-refractivity contribution < 1.29 is 19.5 Å². The highest BCUT2D eigenvalue weighted by Crippen LogP contribution is 2.10. The Morgan fingerprint density at radius 1 is 1.00 bits per heavy atom. The highest BCUT2D eigenvalue weighted by Gasteiger charge is 2.31. The van der Waals surface area contributed by atoms with E-state index in [1.54, 1.807) is 13.8 Å². The molecule has 1 aromatic rings. The molecule has 8 nitrogen and oxygen atoms in total. The minimum absolute atomic E-state index is 0.0938. The van der Waals surface area contributed by atoms with Gasteiger partial charge in [-0.15, -0.1) is 0 Å². The summed E-state index contributed by atoms with van der Waals surface area (Å²) in [5.74, 6) is -2.04. The molecular weight excluding hydrogens is 372 g/mol. The lowest BCUT2D eigenvalue weighted by atomic mass is 9.97. The number of amides is 2. The van der Waals surface area contributed by atoms with Crippen molar-refractivity contribution in [3.63, 3.8) is 0 Å². The molecule has 2 amide bonds. The molecule has 0 aliphatic carbocycles. The van der Waals surface area contributed by atoms with Gasteiger partial charge < -0.3 is 27.2 Å². The number of ketones is 1. The molecule has 1 unspecified atom stereocenters. The lowest BCUT2D eigenvalue weighted by molar-refractivity contribution is -0.135. The first-order valence-corrected chi connectivity index (χ1v) is 9.97. The maximum Gasteiger partial charge on any atom is 0.245 e. The molecule has 0 aliphatic heterocycles. The zero-order valence-electron chi connectivity index (χ0n) is 17.4. The van der Waals surface area contributed by atoms with Gasteiger partial charge in [-0.1, -0.05) is 44.2 Å². The third-order valence-electron chi connectivity index (χ3n) is 4.73. The van der Waals surface area contributed by atoms with Gasteiger partial charge >= 0.3 is 0 Å². The summed E-state index contributed by atoms with van der Waals surface area (Å²) in [7, 11) is 0. The van der Waals surface area contributed by atoms with Crippen LogP contribution in [0.15, 0.2) is 30.3 Å². The molecule has 4 atom stereocenters. The summed E-state index contributed by atoms with van der Waals surface area (Å²) in [6, 6.07) is 7.44. The Kier molecular flexibility index (Phi) is 10.5. The summed E-state index contributed by atoms with van der Waals surface area (Å²) < 4.78 is 0. The minimum atomic E-state index is -1.20. The number of rotatable bonds is 12. The topological polar surface area (TPSA) is 148 Å². The molecule has 0 radical (unpaired) electrons. The van der Waals surface area contributed by atoms with Gasteiger partial charge in [0.25, 0.3) is 0 Å². The van der Waals surface area contributed by atoms with E-state index in [4.69, 9.17) is 11.5 Å². The van der Waals surface area contributed by atoms with Crippen molar-refractivity contribution in [2.24, 2.45) is 23.3 Å². The van der Waals surface area contributed by atoms with E-state index in [1.807, 2.05) is 30.3 Å². The standard InChI is InChI=1S/C21H34N4O4/c1-13(2)19(27)17(9-10-22)24-21(29)18(14(3)26)25-20(28)16(12-23)11-15-7-5-4-6-8-15/h4-8,13-14,16-18,26H,9-12,22-23H2,1-3H3,(H,24,29)(H,25,28)/t14-,16?,17-,18-/m0/s1. The van der Waals surface area contributed by atoms with E-state index in [-0.39, 0.29) is 31.2 Å². The zero-order valence-corrected chi connectivity index (χ0v) is 17.4. The van der Waals surface area contributed by atoms with Gasteiger partial charge in [0.1, 0.15) is 6.04 Å². The molecular formula is C21H34N4O4. The average Bonchev–Trinajstić information content (AvgIpc) is 2.69. The van der Waals surface area contributed by atoms with Crippen LogP contribution in [0, 0.1) is 11.8 Å². The molecule has 0 saturated carbocycles. The summed E-state index contributed by atoms with van der Waals surface area (Å²) in [6.07, 6.45) is -0.455. The van der Waals surface area contributed by atoms with Crippen molar-refractivity contribution in [1.82, 2.24) is 10.6 Å². The molecule has 7 N–H and O–H groups in total. The van der Waals surface area contributed by atoms with E-state index in [0.29, 0.717) is 6.42 Å². The van der Waals surface area contributed by atoms with Gasteiger partial charge in [0, 0.05) is 12.5 Å².